The lowest BCUT2D eigenvalue weighted by Gasteiger charge is -2.29. The summed E-state index contributed by atoms with van der Waals surface area (Å²) in [5.74, 6) is 0.850. The van der Waals surface area contributed by atoms with Crippen molar-refractivity contribution in [1.29, 1.82) is 0 Å². The summed E-state index contributed by atoms with van der Waals surface area (Å²) in [6, 6.07) is 30.4. The van der Waals surface area contributed by atoms with Gasteiger partial charge in [0.05, 0.1) is 11.4 Å². The summed E-state index contributed by atoms with van der Waals surface area (Å²) in [7, 11) is 0. The Hall–Kier alpha value is -3.82. The van der Waals surface area contributed by atoms with E-state index in [2.05, 4.69) is 133 Å². The van der Waals surface area contributed by atoms with Crippen molar-refractivity contribution in [2.45, 2.75) is 26.2 Å². The Morgan fingerprint density at radius 2 is 1.54 bits per heavy atom. The molecule has 1 heterocycles. The molecule has 1 aliphatic rings. The van der Waals surface area contributed by atoms with E-state index in [9.17, 15) is 0 Å². The number of anilines is 3. The molecule has 0 spiro atoms. The molecule has 0 saturated carbocycles. The van der Waals surface area contributed by atoms with Crippen LogP contribution >= 0.6 is 15.9 Å². The first kappa shape index (κ1) is 23.6. The van der Waals surface area contributed by atoms with Gasteiger partial charge < -0.3 is 9.32 Å². The van der Waals surface area contributed by atoms with Crippen LogP contribution in [0.3, 0.4) is 0 Å². The zero-order valence-corrected chi connectivity index (χ0v) is 22.8. The highest BCUT2D eigenvalue weighted by Gasteiger charge is 2.37. The maximum atomic E-state index is 6.52. The quantitative estimate of drug-likeness (QED) is 0.204. The van der Waals surface area contributed by atoms with E-state index in [0.717, 1.165) is 43.8 Å². The van der Waals surface area contributed by atoms with Gasteiger partial charge in [0, 0.05) is 32.1 Å². The molecular weight excluding hydrogens is 518 g/mol. The van der Waals surface area contributed by atoms with E-state index < -0.39 is 0 Å². The van der Waals surface area contributed by atoms with Gasteiger partial charge in [-0.3, -0.25) is 0 Å². The number of aryl methyl sites for hydroxylation is 1. The normalized spacial score (nSPS) is 13.6. The van der Waals surface area contributed by atoms with Crippen LogP contribution in [0.5, 0.6) is 0 Å². The number of benzene rings is 4. The lowest BCUT2D eigenvalue weighted by Crippen LogP contribution is -2.16. The minimum atomic E-state index is -0.0801. The molecule has 0 unspecified atom stereocenters. The average Bonchev–Trinajstić information content (AvgIpc) is 3.36. The number of hydrogen-bond acceptors (Lipinski definition) is 2. The topological polar surface area (TPSA) is 16.4 Å². The smallest absolute Gasteiger partial charge is 0.159 e. The van der Waals surface area contributed by atoms with Crippen molar-refractivity contribution in [2.24, 2.45) is 0 Å². The molecule has 4 aromatic carbocycles. The van der Waals surface area contributed by atoms with Crippen molar-refractivity contribution >= 4 is 50.0 Å². The minimum absolute atomic E-state index is 0.0801. The fourth-order valence-electron chi connectivity index (χ4n) is 5.66. The van der Waals surface area contributed by atoms with Crippen LogP contribution in [0.25, 0.3) is 28.2 Å². The lowest BCUT2D eigenvalue weighted by atomic mass is 9.82. The molecule has 6 rings (SSSR count). The predicted molar refractivity (Wildman–Crippen MR) is 160 cm³/mol. The van der Waals surface area contributed by atoms with Crippen molar-refractivity contribution in [3.05, 3.63) is 131 Å². The summed E-state index contributed by atoms with van der Waals surface area (Å²) in [5.41, 5.74) is 10.4. The summed E-state index contributed by atoms with van der Waals surface area (Å²) in [5, 5.41) is 1.11. The molecule has 1 aromatic heterocycles. The van der Waals surface area contributed by atoms with Gasteiger partial charge in [-0.15, -0.1) is 0 Å². The Labute approximate surface area is 226 Å². The number of hydrogen-bond donors (Lipinski definition) is 0. The summed E-state index contributed by atoms with van der Waals surface area (Å²) in [6.45, 7) is 10.6. The minimum Gasteiger partial charge on any atom is -0.454 e. The van der Waals surface area contributed by atoms with Crippen LogP contribution in [0.15, 0.2) is 113 Å². The Morgan fingerprint density at radius 1 is 0.838 bits per heavy atom. The number of halogens is 1. The van der Waals surface area contributed by atoms with E-state index in [4.69, 9.17) is 4.42 Å². The molecule has 0 aliphatic heterocycles. The number of fused-ring (bicyclic) bond motifs is 4. The first-order chi connectivity index (χ1) is 17.9. The van der Waals surface area contributed by atoms with Gasteiger partial charge in [-0.2, -0.15) is 0 Å². The highest BCUT2D eigenvalue weighted by Crippen LogP contribution is 2.54. The van der Waals surface area contributed by atoms with Gasteiger partial charge in [-0.25, -0.2) is 0 Å². The Kier molecular flexibility index (Phi) is 5.69. The number of nitrogens with zero attached hydrogens (tertiary/aromatic N) is 1. The monoisotopic (exact) mass is 545 g/mol. The van der Waals surface area contributed by atoms with Gasteiger partial charge in [0.25, 0.3) is 0 Å². The fourth-order valence-corrected chi connectivity index (χ4v) is 5.92. The molecule has 0 radical (unpaired) electrons. The second-order valence-corrected chi connectivity index (χ2v) is 10.9. The Morgan fingerprint density at radius 3 is 2.32 bits per heavy atom. The van der Waals surface area contributed by atoms with E-state index in [1.165, 1.54) is 22.3 Å². The number of allylic oxidation sites excluding steroid dienone is 2. The summed E-state index contributed by atoms with van der Waals surface area (Å²) < 4.78 is 7.57. The zero-order chi connectivity index (χ0) is 25.7. The van der Waals surface area contributed by atoms with E-state index in [0.29, 0.717) is 0 Å². The third-order valence-corrected chi connectivity index (χ3v) is 8.04. The number of para-hydroxylation sites is 1. The van der Waals surface area contributed by atoms with Crippen LogP contribution in [-0.2, 0) is 5.41 Å². The standard InChI is InChI=1S/C34H28BrNO/c1-5-6-17-31-22(2)25-12-9-16-30(33(25)37-31)36(24-20-18-23(35)19-21-24)29-15-10-14-28-32(29)26-11-7-8-13-27(26)34(28,3)4/h5-21H,1H2,2-4H3/b17-6-. The molecule has 37 heavy (non-hydrogen) atoms. The van der Waals surface area contributed by atoms with Gasteiger partial charge in [-0.1, -0.05) is 97.0 Å². The van der Waals surface area contributed by atoms with Gasteiger partial charge >= 0.3 is 0 Å². The van der Waals surface area contributed by atoms with Crippen molar-refractivity contribution < 1.29 is 4.42 Å². The van der Waals surface area contributed by atoms with Crippen LogP contribution in [0.2, 0.25) is 0 Å². The van der Waals surface area contributed by atoms with Crippen molar-refractivity contribution in [3.63, 3.8) is 0 Å². The second-order valence-electron chi connectivity index (χ2n) is 10.0. The molecule has 2 nitrogen and oxygen atoms in total. The summed E-state index contributed by atoms with van der Waals surface area (Å²) in [4.78, 5) is 2.34. The Balaban J connectivity index is 1.67. The van der Waals surface area contributed by atoms with Gasteiger partial charge in [0.15, 0.2) is 5.58 Å². The van der Waals surface area contributed by atoms with E-state index in [1.807, 2.05) is 12.2 Å². The number of rotatable bonds is 5. The second kappa shape index (κ2) is 8.93. The molecule has 0 bridgehead atoms. The van der Waals surface area contributed by atoms with Crippen LogP contribution in [0, 0.1) is 6.92 Å². The van der Waals surface area contributed by atoms with Crippen LogP contribution in [-0.4, -0.2) is 0 Å². The predicted octanol–water partition coefficient (Wildman–Crippen LogP) is 10.5. The average molecular weight is 547 g/mol. The Bertz CT molecular complexity index is 1690. The molecule has 0 saturated heterocycles. The van der Waals surface area contributed by atoms with E-state index >= 15 is 0 Å². The van der Waals surface area contributed by atoms with Crippen molar-refractivity contribution in [1.82, 2.24) is 0 Å². The highest BCUT2D eigenvalue weighted by molar-refractivity contribution is 9.10. The first-order valence-corrected chi connectivity index (χ1v) is 13.3. The lowest BCUT2D eigenvalue weighted by molar-refractivity contribution is 0.601. The van der Waals surface area contributed by atoms with Gasteiger partial charge in [0.1, 0.15) is 5.76 Å². The summed E-state index contributed by atoms with van der Waals surface area (Å²) >= 11 is 3.62. The molecule has 0 N–H and O–H groups in total. The van der Waals surface area contributed by atoms with Crippen LogP contribution in [0.1, 0.15) is 36.3 Å². The maximum Gasteiger partial charge on any atom is 0.159 e. The molecule has 3 heteroatoms. The van der Waals surface area contributed by atoms with E-state index in [-0.39, 0.29) is 5.41 Å². The molecule has 5 aromatic rings. The van der Waals surface area contributed by atoms with Crippen molar-refractivity contribution in [3.8, 4) is 11.1 Å². The third kappa shape index (κ3) is 3.69. The van der Waals surface area contributed by atoms with Crippen molar-refractivity contribution in [2.75, 3.05) is 4.90 Å². The third-order valence-electron chi connectivity index (χ3n) is 7.52. The molecule has 0 amide bonds. The highest BCUT2D eigenvalue weighted by atomic mass is 79.9. The molecule has 182 valence electrons. The summed E-state index contributed by atoms with van der Waals surface area (Å²) in [6.07, 6.45) is 5.67. The zero-order valence-electron chi connectivity index (χ0n) is 21.3. The van der Waals surface area contributed by atoms with Gasteiger partial charge in [0.2, 0.25) is 0 Å². The molecular formula is C34H28BrNO. The largest absolute Gasteiger partial charge is 0.454 e. The van der Waals surface area contributed by atoms with Crippen LogP contribution < -0.4 is 4.90 Å². The maximum absolute atomic E-state index is 6.52. The number of furan rings is 1. The SMILES string of the molecule is C=C/C=C\c1oc2c(N(c3ccc(Br)cc3)c3cccc4c3-c3ccccc3C4(C)C)cccc2c1C. The molecule has 1 aliphatic carbocycles. The molecule has 0 atom stereocenters. The molecule has 0 fully saturated rings. The van der Waals surface area contributed by atoms with Gasteiger partial charge in [-0.05, 0) is 66.1 Å². The fraction of sp³-hybridized carbons (Fsp3) is 0.118. The van der Waals surface area contributed by atoms with E-state index in [1.54, 1.807) is 6.08 Å². The van der Waals surface area contributed by atoms with Crippen LogP contribution in [0.4, 0.5) is 17.1 Å². The first-order valence-electron chi connectivity index (χ1n) is 12.5.